The third-order valence-electron chi connectivity index (χ3n) is 3.66. The zero-order valence-electron chi connectivity index (χ0n) is 15.1. The Hall–Kier alpha value is -2.86. The molecule has 2 aromatic carbocycles. The fraction of sp³-hybridized carbons (Fsp3) is 0.300. The van der Waals surface area contributed by atoms with Crippen LogP contribution < -0.4 is 15.4 Å². The molecule has 2 amide bonds. The lowest BCUT2D eigenvalue weighted by Gasteiger charge is -2.09. The summed E-state index contributed by atoms with van der Waals surface area (Å²) in [5, 5.41) is 5.62. The van der Waals surface area contributed by atoms with Crippen molar-refractivity contribution in [2.24, 2.45) is 0 Å². The fourth-order valence-electron chi connectivity index (χ4n) is 2.22. The highest BCUT2D eigenvalue weighted by Gasteiger charge is 2.07. The van der Waals surface area contributed by atoms with Gasteiger partial charge in [0.05, 0.1) is 6.61 Å². The molecule has 0 aliphatic heterocycles. The molecule has 0 radical (unpaired) electrons. The lowest BCUT2D eigenvalue weighted by molar-refractivity contribution is -0.115. The summed E-state index contributed by atoms with van der Waals surface area (Å²) in [5.74, 6) is 0.477. The Kier molecular flexibility index (Phi) is 7.64. The summed E-state index contributed by atoms with van der Waals surface area (Å²) in [6.45, 7) is 3.22. The van der Waals surface area contributed by atoms with Gasteiger partial charge in [-0.15, -0.1) is 0 Å². The van der Waals surface area contributed by atoms with Crippen molar-refractivity contribution in [1.29, 1.82) is 0 Å². The van der Waals surface area contributed by atoms with E-state index in [0.29, 0.717) is 37.4 Å². The topological polar surface area (TPSA) is 76.7 Å². The van der Waals surface area contributed by atoms with Gasteiger partial charge in [-0.2, -0.15) is 0 Å². The minimum Gasteiger partial charge on any atom is -0.491 e. The monoisotopic (exact) mass is 356 g/mol. The largest absolute Gasteiger partial charge is 0.491 e. The van der Waals surface area contributed by atoms with Gasteiger partial charge in [-0.25, -0.2) is 0 Å². The first-order chi connectivity index (χ1) is 12.6. The fourth-order valence-corrected chi connectivity index (χ4v) is 2.22. The molecule has 0 bridgehead atoms. The molecule has 0 spiro atoms. The number of rotatable bonds is 9. The summed E-state index contributed by atoms with van der Waals surface area (Å²) in [6.07, 6.45) is 0.390. The molecule has 0 aliphatic rings. The predicted molar refractivity (Wildman–Crippen MR) is 100 cm³/mol. The number of carbonyl (C=O) groups is 2. The van der Waals surface area contributed by atoms with Crippen molar-refractivity contribution in [3.8, 4) is 5.75 Å². The van der Waals surface area contributed by atoms with Gasteiger partial charge < -0.3 is 20.1 Å². The Bertz CT molecular complexity index is 729. The number of carbonyl (C=O) groups excluding carboxylic acids is 2. The SMILES string of the molecule is CCC(=O)Nc1cccc(C(=O)NCc2ccc(OCCOC)cc2)c1. The maximum atomic E-state index is 12.3. The van der Waals surface area contributed by atoms with E-state index >= 15 is 0 Å². The van der Waals surface area contributed by atoms with Crippen LogP contribution in [0.2, 0.25) is 0 Å². The number of hydrogen-bond acceptors (Lipinski definition) is 4. The molecule has 0 aliphatic carbocycles. The van der Waals surface area contributed by atoms with Crippen LogP contribution >= 0.6 is 0 Å². The average Bonchev–Trinajstić information content (AvgIpc) is 2.67. The van der Waals surface area contributed by atoms with Gasteiger partial charge >= 0.3 is 0 Å². The molecule has 6 heteroatoms. The molecule has 6 nitrogen and oxygen atoms in total. The standard InChI is InChI=1S/C20H24N2O4/c1-3-19(23)22-17-6-4-5-16(13-17)20(24)21-14-15-7-9-18(10-8-15)26-12-11-25-2/h4-10,13H,3,11-12,14H2,1-2H3,(H,21,24)(H,22,23). The van der Waals surface area contributed by atoms with Crippen LogP contribution in [-0.2, 0) is 16.1 Å². The second kappa shape index (κ2) is 10.2. The first kappa shape index (κ1) is 19.5. The molecule has 0 saturated carbocycles. The highest BCUT2D eigenvalue weighted by atomic mass is 16.5. The van der Waals surface area contributed by atoms with E-state index < -0.39 is 0 Å². The third-order valence-corrected chi connectivity index (χ3v) is 3.66. The second-order valence-electron chi connectivity index (χ2n) is 5.65. The van der Waals surface area contributed by atoms with Crippen molar-refractivity contribution in [2.75, 3.05) is 25.6 Å². The maximum Gasteiger partial charge on any atom is 0.251 e. The Morgan fingerprint density at radius 2 is 1.81 bits per heavy atom. The third kappa shape index (κ3) is 6.22. The van der Waals surface area contributed by atoms with Crippen LogP contribution in [-0.4, -0.2) is 32.1 Å². The first-order valence-electron chi connectivity index (χ1n) is 8.51. The number of nitrogens with one attached hydrogen (secondary N) is 2. The van der Waals surface area contributed by atoms with Crippen molar-refractivity contribution < 1.29 is 19.1 Å². The summed E-state index contributed by atoms with van der Waals surface area (Å²) < 4.78 is 10.4. The van der Waals surface area contributed by atoms with Crippen molar-refractivity contribution in [2.45, 2.75) is 19.9 Å². The van der Waals surface area contributed by atoms with Crippen LogP contribution in [0.5, 0.6) is 5.75 Å². The molecular weight excluding hydrogens is 332 g/mol. The van der Waals surface area contributed by atoms with Crippen molar-refractivity contribution in [3.63, 3.8) is 0 Å². The summed E-state index contributed by atoms with van der Waals surface area (Å²) in [7, 11) is 1.63. The van der Waals surface area contributed by atoms with E-state index in [4.69, 9.17) is 9.47 Å². The van der Waals surface area contributed by atoms with E-state index in [-0.39, 0.29) is 11.8 Å². The lowest BCUT2D eigenvalue weighted by Crippen LogP contribution is -2.23. The molecule has 0 atom stereocenters. The minimum absolute atomic E-state index is 0.0876. The van der Waals surface area contributed by atoms with Crippen LogP contribution in [0.25, 0.3) is 0 Å². The van der Waals surface area contributed by atoms with E-state index in [9.17, 15) is 9.59 Å². The molecule has 138 valence electrons. The highest BCUT2D eigenvalue weighted by Crippen LogP contribution is 2.13. The van der Waals surface area contributed by atoms with Crippen molar-refractivity contribution in [3.05, 3.63) is 59.7 Å². The predicted octanol–water partition coefficient (Wildman–Crippen LogP) is 2.99. The molecular formula is C20H24N2O4. The summed E-state index contributed by atoms with van der Waals surface area (Å²) >= 11 is 0. The number of amides is 2. The number of hydrogen-bond donors (Lipinski definition) is 2. The van der Waals surface area contributed by atoms with Crippen LogP contribution in [0, 0.1) is 0 Å². The summed E-state index contributed by atoms with van der Waals surface area (Å²) in [5.41, 5.74) is 2.08. The van der Waals surface area contributed by atoms with Gasteiger partial charge in [-0.05, 0) is 35.9 Å². The number of ether oxygens (including phenoxy) is 2. The van der Waals surface area contributed by atoms with Gasteiger partial charge in [0.15, 0.2) is 0 Å². The maximum absolute atomic E-state index is 12.3. The molecule has 2 N–H and O–H groups in total. The molecule has 2 aromatic rings. The number of anilines is 1. The van der Waals surface area contributed by atoms with E-state index in [2.05, 4.69) is 10.6 Å². The molecule has 26 heavy (non-hydrogen) atoms. The Labute approximate surface area is 153 Å². The van der Waals surface area contributed by atoms with Gasteiger partial charge in [0.1, 0.15) is 12.4 Å². The highest BCUT2D eigenvalue weighted by molar-refractivity contribution is 5.97. The molecule has 0 unspecified atom stereocenters. The molecule has 2 rings (SSSR count). The number of benzene rings is 2. The van der Waals surface area contributed by atoms with Crippen LogP contribution in [0.1, 0.15) is 29.3 Å². The smallest absolute Gasteiger partial charge is 0.251 e. The van der Waals surface area contributed by atoms with Crippen LogP contribution in [0.15, 0.2) is 48.5 Å². The van der Waals surface area contributed by atoms with Crippen molar-refractivity contribution >= 4 is 17.5 Å². The molecule has 0 saturated heterocycles. The van der Waals surface area contributed by atoms with Gasteiger partial charge in [0.2, 0.25) is 5.91 Å². The van der Waals surface area contributed by atoms with Gasteiger partial charge in [0, 0.05) is 31.3 Å². The van der Waals surface area contributed by atoms with Gasteiger partial charge in [0.25, 0.3) is 5.91 Å². The second-order valence-corrected chi connectivity index (χ2v) is 5.65. The van der Waals surface area contributed by atoms with E-state index in [0.717, 1.165) is 11.3 Å². The first-order valence-corrected chi connectivity index (χ1v) is 8.51. The minimum atomic E-state index is -0.196. The van der Waals surface area contributed by atoms with Crippen LogP contribution in [0.4, 0.5) is 5.69 Å². The normalized spacial score (nSPS) is 10.2. The van der Waals surface area contributed by atoms with E-state index in [1.165, 1.54) is 0 Å². The quantitative estimate of drug-likeness (QED) is 0.677. The lowest BCUT2D eigenvalue weighted by atomic mass is 10.1. The molecule has 0 fully saturated rings. The molecule has 0 heterocycles. The van der Waals surface area contributed by atoms with E-state index in [1.54, 1.807) is 38.3 Å². The zero-order chi connectivity index (χ0) is 18.8. The average molecular weight is 356 g/mol. The summed E-state index contributed by atoms with van der Waals surface area (Å²) in [4.78, 5) is 23.8. The van der Waals surface area contributed by atoms with Crippen LogP contribution in [0.3, 0.4) is 0 Å². The Morgan fingerprint density at radius 3 is 2.50 bits per heavy atom. The van der Waals surface area contributed by atoms with E-state index in [1.807, 2.05) is 24.3 Å². The Balaban J connectivity index is 1.88. The van der Waals surface area contributed by atoms with Gasteiger partial charge in [-0.3, -0.25) is 9.59 Å². The van der Waals surface area contributed by atoms with Gasteiger partial charge in [-0.1, -0.05) is 25.1 Å². The van der Waals surface area contributed by atoms with Crippen molar-refractivity contribution in [1.82, 2.24) is 5.32 Å². The zero-order valence-corrected chi connectivity index (χ0v) is 15.1. The Morgan fingerprint density at radius 1 is 1.04 bits per heavy atom. The summed E-state index contributed by atoms with van der Waals surface area (Å²) in [6, 6.07) is 14.4. The molecule has 0 aromatic heterocycles. The number of methoxy groups -OCH3 is 1.